The van der Waals surface area contributed by atoms with Crippen molar-refractivity contribution < 1.29 is 19.3 Å². The molecule has 0 amide bonds. The predicted octanol–water partition coefficient (Wildman–Crippen LogP) is 0.491. The van der Waals surface area contributed by atoms with Crippen LogP contribution < -0.4 is 0 Å². The molecule has 4 atom stereocenters. The number of halogens is 1. The van der Waals surface area contributed by atoms with Crippen LogP contribution in [0.1, 0.15) is 20.3 Å². The summed E-state index contributed by atoms with van der Waals surface area (Å²) in [6.45, 7) is 3.76. The first-order valence-electron chi connectivity index (χ1n) is 4.66. The molecular weight excluding hydrogens is 175 g/mol. The molecule has 1 rings (SSSR count). The summed E-state index contributed by atoms with van der Waals surface area (Å²) in [6.07, 6.45) is -3.65. The zero-order valence-electron chi connectivity index (χ0n) is 7.98. The van der Waals surface area contributed by atoms with Crippen LogP contribution in [0.25, 0.3) is 0 Å². The molecule has 0 aliphatic carbocycles. The number of aliphatic hydroxyl groups is 2. The second-order valence-electron chi connectivity index (χ2n) is 3.87. The maximum Gasteiger partial charge on any atom is 0.131 e. The van der Waals surface area contributed by atoms with Crippen LogP contribution in [0.5, 0.6) is 0 Å². The van der Waals surface area contributed by atoms with Gasteiger partial charge in [0, 0.05) is 6.61 Å². The van der Waals surface area contributed by atoms with E-state index >= 15 is 0 Å². The molecule has 4 unspecified atom stereocenters. The summed E-state index contributed by atoms with van der Waals surface area (Å²) in [5.74, 6) is -0.204. The first kappa shape index (κ1) is 10.9. The Morgan fingerprint density at radius 3 is 2.54 bits per heavy atom. The Morgan fingerprint density at radius 1 is 1.38 bits per heavy atom. The second-order valence-corrected chi connectivity index (χ2v) is 3.87. The molecule has 1 heterocycles. The van der Waals surface area contributed by atoms with Gasteiger partial charge in [-0.25, -0.2) is 4.39 Å². The fourth-order valence-electron chi connectivity index (χ4n) is 1.47. The molecule has 0 spiro atoms. The summed E-state index contributed by atoms with van der Waals surface area (Å²) in [6, 6.07) is 0. The maximum atomic E-state index is 13.4. The van der Waals surface area contributed by atoms with Gasteiger partial charge in [0.1, 0.15) is 18.4 Å². The summed E-state index contributed by atoms with van der Waals surface area (Å²) in [5, 5.41) is 18.7. The van der Waals surface area contributed by atoms with Gasteiger partial charge in [0.05, 0.1) is 6.10 Å². The van der Waals surface area contributed by atoms with Crippen molar-refractivity contribution in [3.63, 3.8) is 0 Å². The van der Waals surface area contributed by atoms with Gasteiger partial charge in [-0.3, -0.25) is 0 Å². The smallest absolute Gasteiger partial charge is 0.131 e. The standard InChI is InChI=1S/C9H17FO3/c1-5(2)7(10)9-8(12)6(11)3-4-13-9/h5-9,11-12H,3-4H2,1-2H3. The van der Waals surface area contributed by atoms with Gasteiger partial charge in [0.2, 0.25) is 0 Å². The SMILES string of the molecule is CC(C)C(F)C1OCCC(O)C1O. The summed E-state index contributed by atoms with van der Waals surface area (Å²) >= 11 is 0. The average Bonchev–Trinajstić information content (AvgIpc) is 2.08. The number of hydrogen-bond acceptors (Lipinski definition) is 3. The van der Waals surface area contributed by atoms with Crippen LogP contribution in [0.4, 0.5) is 4.39 Å². The van der Waals surface area contributed by atoms with Crippen molar-refractivity contribution in [2.75, 3.05) is 6.61 Å². The third kappa shape index (κ3) is 2.39. The number of hydrogen-bond donors (Lipinski definition) is 2. The number of aliphatic hydroxyl groups excluding tert-OH is 2. The number of alkyl halides is 1. The zero-order valence-corrected chi connectivity index (χ0v) is 7.98. The molecule has 3 nitrogen and oxygen atoms in total. The predicted molar refractivity (Wildman–Crippen MR) is 46.1 cm³/mol. The molecule has 13 heavy (non-hydrogen) atoms. The summed E-state index contributed by atoms with van der Waals surface area (Å²) in [7, 11) is 0. The molecule has 1 aliphatic rings. The van der Waals surface area contributed by atoms with Gasteiger partial charge in [0.15, 0.2) is 0 Å². The van der Waals surface area contributed by atoms with E-state index in [9.17, 15) is 14.6 Å². The maximum absolute atomic E-state index is 13.4. The molecule has 0 aromatic carbocycles. The highest BCUT2D eigenvalue weighted by molar-refractivity contribution is 4.87. The molecule has 1 fully saturated rings. The average molecular weight is 192 g/mol. The molecule has 0 aromatic rings. The minimum absolute atomic E-state index is 0.204. The molecule has 1 saturated heterocycles. The first-order chi connectivity index (χ1) is 6.04. The van der Waals surface area contributed by atoms with Gasteiger partial charge in [-0.1, -0.05) is 13.8 Å². The Bertz CT molecular complexity index is 159. The molecule has 78 valence electrons. The lowest BCUT2D eigenvalue weighted by Crippen LogP contribution is -2.50. The van der Waals surface area contributed by atoms with Crippen molar-refractivity contribution in [3.8, 4) is 0 Å². The largest absolute Gasteiger partial charge is 0.390 e. The Balaban J connectivity index is 2.57. The van der Waals surface area contributed by atoms with Crippen molar-refractivity contribution in [1.82, 2.24) is 0 Å². The third-order valence-electron chi connectivity index (χ3n) is 2.41. The Morgan fingerprint density at radius 2 is 2.00 bits per heavy atom. The van der Waals surface area contributed by atoms with Gasteiger partial charge in [-0.05, 0) is 12.3 Å². The lowest BCUT2D eigenvalue weighted by atomic mass is 9.93. The molecule has 0 aromatic heterocycles. The quantitative estimate of drug-likeness (QED) is 0.669. The number of rotatable bonds is 2. The minimum Gasteiger partial charge on any atom is -0.390 e. The lowest BCUT2D eigenvalue weighted by molar-refractivity contribution is -0.162. The monoisotopic (exact) mass is 192 g/mol. The molecule has 0 bridgehead atoms. The van der Waals surface area contributed by atoms with E-state index in [4.69, 9.17) is 4.74 Å². The summed E-state index contributed by atoms with van der Waals surface area (Å²) < 4.78 is 18.5. The van der Waals surface area contributed by atoms with E-state index in [0.717, 1.165) is 0 Å². The molecule has 1 aliphatic heterocycles. The van der Waals surface area contributed by atoms with E-state index < -0.39 is 24.5 Å². The third-order valence-corrected chi connectivity index (χ3v) is 2.41. The molecule has 4 heteroatoms. The van der Waals surface area contributed by atoms with Gasteiger partial charge < -0.3 is 14.9 Å². The van der Waals surface area contributed by atoms with Crippen molar-refractivity contribution in [3.05, 3.63) is 0 Å². The fraction of sp³-hybridized carbons (Fsp3) is 1.00. The highest BCUT2D eigenvalue weighted by atomic mass is 19.1. The van der Waals surface area contributed by atoms with E-state index in [1.54, 1.807) is 13.8 Å². The normalized spacial score (nSPS) is 37.8. The molecular formula is C9H17FO3. The molecule has 0 saturated carbocycles. The van der Waals surface area contributed by atoms with Crippen LogP contribution >= 0.6 is 0 Å². The summed E-state index contributed by atoms with van der Waals surface area (Å²) in [4.78, 5) is 0. The Kier molecular flexibility index (Phi) is 3.64. The molecule has 0 radical (unpaired) electrons. The fourth-order valence-corrected chi connectivity index (χ4v) is 1.47. The van der Waals surface area contributed by atoms with Crippen molar-refractivity contribution >= 4 is 0 Å². The molecule has 2 N–H and O–H groups in total. The number of ether oxygens (including phenoxy) is 1. The van der Waals surface area contributed by atoms with Crippen molar-refractivity contribution in [2.45, 2.75) is 44.8 Å². The van der Waals surface area contributed by atoms with Gasteiger partial charge >= 0.3 is 0 Å². The zero-order chi connectivity index (χ0) is 10.0. The lowest BCUT2D eigenvalue weighted by Gasteiger charge is -2.35. The highest BCUT2D eigenvalue weighted by Gasteiger charge is 2.38. The van der Waals surface area contributed by atoms with Crippen LogP contribution in [0, 0.1) is 5.92 Å². The summed E-state index contributed by atoms with van der Waals surface area (Å²) in [5.41, 5.74) is 0. The van der Waals surface area contributed by atoms with Gasteiger partial charge in [-0.2, -0.15) is 0 Å². The van der Waals surface area contributed by atoms with Crippen molar-refractivity contribution in [2.24, 2.45) is 5.92 Å². The highest BCUT2D eigenvalue weighted by Crippen LogP contribution is 2.23. The Hall–Kier alpha value is -0.190. The van der Waals surface area contributed by atoms with E-state index in [-0.39, 0.29) is 5.92 Å². The second kappa shape index (κ2) is 4.35. The van der Waals surface area contributed by atoms with Gasteiger partial charge in [-0.15, -0.1) is 0 Å². The Labute approximate surface area is 77.5 Å². The van der Waals surface area contributed by atoms with Crippen LogP contribution in [0.2, 0.25) is 0 Å². The van der Waals surface area contributed by atoms with Crippen LogP contribution in [-0.4, -0.2) is 41.3 Å². The van der Waals surface area contributed by atoms with Crippen LogP contribution in [-0.2, 0) is 4.74 Å². The van der Waals surface area contributed by atoms with E-state index in [1.165, 1.54) is 0 Å². The van der Waals surface area contributed by atoms with E-state index in [1.807, 2.05) is 0 Å². The first-order valence-corrected chi connectivity index (χ1v) is 4.66. The van der Waals surface area contributed by atoms with Gasteiger partial charge in [0.25, 0.3) is 0 Å². The minimum atomic E-state index is -1.22. The van der Waals surface area contributed by atoms with E-state index in [2.05, 4.69) is 0 Å². The van der Waals surface area contributed by atoms with Crippen LogP contribution in [0.3, 0.4) is 0 Å². The van der Waals surface area contributed by atoms with E-state index in [0.29, 0.717) is 13.0 Å². The topological polar surface area (TPSA) is 49.7 Å². The van der Waals surface area contributed by atoms with Crippen molar-refractivity contribution in [1.29, 1.82) is 0 Å². The van der Waals surface area contributed by atoms with Crippen LogP contribution in [0.15, 0.2) is 0 Å².